The third-order valence-electron chi connectivity index (χ3n) is 1.75. The van der Waals surface area contributed by atoms with Gasteiger partial charge in [-0.2, -0.15) is 0 Å². The molecule has 2 amide bonds. The zero-order valence-electron chi connectivity index (χ0n) is 7.82. The number of benzene rings is 1. The van der Waals surface area contributed by atoms with Crippen LogP contribution < -0.4 is 10.6 Å². The molecule has 1 aromatic carbocycles. The van der Waals surface area contributed by atoms with Gasteiger partial charge in [-0.05, 0) is 18.6 Å². The average molecular weight is 200 g/mol. The van der Waals surface area contributed by atoms with E-state index in [0.29, 0.717) is 0 Å². The largest absolute Gasteiger partial charge is 0.341 e. The lowest BCUT2D eigenvalue weighted by atomic mass is 10.2. The lowest BCUT2D eigenvalue weighted by Crippen LogP contribution is -2.25. The maximum atomic E-state index is 13.3. The van der Waals surface area contributed by atoms with E-state index in [1.54, 1.807) is 0 Å². The SMILES string of the molecule is CNC(=O)Nc1c(F)ccc(C)c1F. The molecular formula is C9H10F2N2O. The number of urea groups is 1. The minimum Gasteiger partial charge on any atom is -0.341 e. The summed E-state index contributed by atoms with van der Waals surface area (Å²) in [5.41, 5.74) is -0.151. The molecule has 0 spiro atoms. The smallest absolute Gasteiger partial charge is 0.319 e. The summed E-state index contributed by atoms with van der Waals surface area (Å²) in [4.78, 5) is 10.8. The number of amides is 2. The molecule has 1 aromatic rings. The van der Waals surface area contributed by atoms with Crippen molar-refractivity contribution in [1.82, 2.24) is 5.32 Å². The van der Waals surface area contributed by atoms with Gasteiger partial charge in [0.05, 0.1) is 0 Å². The third kappa shape index (κ3) is 1.99. The van der Waals surface area contributed by atoms with Crippen LogP contribution in [0.3, 0.4) is 0 Å². The molecule has 0 atom stereocenters. The van der Waals surface area contributed by atoms with Crippen LogP contribution in [0.4, 0.5) is 19.3 Å². The van der Waals surface area contributed by atoms with E-state index in [4.69, 9.17) is 0 Å². The molecule has 14 heavy (non-hydrogen) atoms. The zero-order valence-corrected chi connectivity index (χ0v) is 7.82. The van der Waals surface area contributed by atoms with E-state index >= 15 is 0 Å². The van der Waals surface area contributed by atoms with Crippen molar-refractivity contribution in [2.45, 2.75) is 6.92 Å². The van der Waals surface area contributed by atoms with Crippen LogP contribution in [0.2, 0.25) is 0 Å². The van der Waals surface area contributed by atoms with Gasteiger partial charge in [0.2, 0.25) is 0 Å². The molecule has 0 aromatic heterocycles. The van der Waals surface area contributed by atoms with E-state index in [1.165, 1.54) is 20.0 Å². The zero-order chi connectivity index (χ0) is 10.7. The normalized spacial score (nSPS) is 9.71. The summed E-state index contributed by atoms with van der Waals surface area (Å²) in [6.45, 7) is 1.49. The number of carbonyl (C=O) groups excluding carboxylic acids is 1. The van der Waals surface area contributed by atoms with Gasteiger partial charge in [-0.3, -0.25) is 0 Å². The number of rotatable bonds is 1. The molecule has 5 heteroatoms. The van der Waals surface area contributed by atoms with Crippen molar-refractivity contribution in [3.05, 3.63) is 29.3 Å². The van der Waals surface area contributed by atoms with Crippen molar-refractivity contribution in [2.75, 3.05) is 12.4 Å². The molecule has 0 aliphatic heterocycles. The third-order valence-corrected chi connectivity index (χ3v) is 1.75. The fourth-order valence-corrected chi connectivity index (χ4v) is 0.947. The van der Waals surface area contributed by atoms with Gasteiger partial charge in [-0.25, -0.2) is 13.6 Å². The van der Waals surface area contributed by atoms with Crippen LogP contribution in [0.1, 0.15) is 5.56 Å². The number of aryl methyl sites for hydroxylation is 1. The molecule has 76 valence electrons. The highest BCUT2D eigenvalue weighted by Crippen LogP contribution is 2.21. The molecular weight excluding hydrogens is 190 g/mol. The van der Waals surface area contributed by atoms with Gasteiger partial charge in [0.15, 0.2) is 5.82 Å². The molecule has 0 heterocycles. The highest BCUT2D eigenvalue weighted by molar-refractivity contribution is 5.89. The molecule has 0 radical (unpaired) electrons. The van der Waals surface area contributed by atoms with Gasteiger partial charge >= 0.3 is 6.03 Å². The highest BCUT2D eigenvalue weighted by atomic mass is 19.1. The predicted octanol–water partition coefficient (Wildman–Crippen LogP) is 2.02. The van der Waals surface area contributed by atoms with Crippen molar-refractivity contribution in [1.29, 1.82) is 0 Å². The maximum absolute atomic E-state index is 13.3. The second-order valence-electron chi connectivity index (χ2n) is 2.76. The number of nitrogens with one attached hydrogen (secondary N) is 2. The fraction of sp³-hybridized carbons (Fsp3) is 0.222. The van der Waals surface area contributed by atoms with Crippen molar-refractivity contribution in [3.63, 3.8) is 0 Å². The van der Waals surface area contributed by atoms with Crippen molar-refractivity contribution in [2.24, 2.45) is 0 Å². The molecule has 0 unspecified atom stereocenters. The van der Waals surface area contributed by atoms with Gasteiger partial charge in [0.1, 0.15) is 11.5 Å². The minimum absolute atomic E-state index is 0.276. The second kappa shape index (κ2) is 4.04. The van der Waals surface area contributed by atoms with Crippen molar-refractivity contribution < 1.29 is 13.6 Å². The average Bonchev–Trinajstić information content (AvgIpc) is 2.18. The van der Waals surface area contributed by atoms with E-state index in [-0.39, 0.29) is 5.56 Å². The molecule has 0 saturated carbocycles. The topological polar surface area (TPSA) is 41.1 Å². The Balaban J connectivity index is 3.06. The Bertz CT molecular complexity index is 366. The standard InChI is InChI=1S/C9H10F2N2O/c1-5-3-4-6(10)8(7(5)11)13-9(14)12-2/h3-4H,1-2H3,(H2,12,13,14). The Hall–Kier alpha value is -1.65. The van der Waals surface area contributed by atoms with Crippen LogP contribution in [-0.4, -0.2) is 13.1 Å². The van der Waals surface area contributed by atoms with Crippen molar-refractivity contribution in [3.8, 4) is 0 Å². The predicted molar refractivity (Wildman–Crippen MR) is 49.2 cm³/mol. The molecule has 0 aliphatic carbocycles. The van der Waals surface area contributed by atoms with Crippen LogP contribution in [-0.2, 0) is 0 Å². The molecule has 2 N–H and O–H groups in total. The summed E-state index contributed by atoms with van der Waals surface area (Å²) in [5, 5.41) is 4.27. The first-order valence-electron chi connectivity index (χ1n) is 3.99. The van der Waals surface area contributed by atoms with E-state index in [1.807, 2.05) is 0 Å². The second-order valence-corrected chi connectivity index (χ2v) is 2.76. The van der Waals surface area contributed by atoms with Gasteiger partial charge in [0.25, 0.3) is 0 Å². The van der Waals surface area contributed by atoms with Crippen LogP contribution >= 0.6 is 0 Å². The Labute approximate surface area is 80.1 Å². The summed E-state index contributed by atoms with van der Waals surface area (Å²) >= 11 is 0. The van der Waals surface area contributed by atoms with Crippen LogP contribution in [0.15, 0.2) is 12.1 Å². The highest BCUT2D eigenvalue weighted by Gasteiger charge is 2.12. The van der Waals surface area contributed by atoms with E-state index in [0.717, 1.165) is 6.07 Å². The molecule has 0 fully saturated rings. The lowest BCUT2D eigenvalue weighted by molar-refractivity contribution is 0.253. The van der Waals surface area contributed by atoms with Gasteiger partial charge in [-0.1, -0.05) is 6.07 Å². The summed E-state index contributed by atoms with van der Waals surface area (Å²) in [6, 6.07) is 1.75. The number of halogens is 2. The minimum atomic E-state index is -0.795. The van der Waals surface area contributed by atoms with Gasteiger partial charge in [-0.15, -0.1) is 0 Å². The monoisotopic (exact) mass is 200 g/mol. The van der Waals surface area contributed by atoms with Gasteiger partial charge < -0.3 is 10.6 Å². The molecule has 3 nitrogen and oxygen atoms in total. The number of anilines is 1. The van der Waals surface area contributed by atoms with Crippen LogP contribution in [0, 0.1) is 18.6 Å². The molecule has 0 bridgehead atoms. The Morgan fingerprint density at radius 2 is 2.00 bits per heavy atom. The van der Waals surface area contributed by atoms with E-state index in [9.17, 15) is 13.6 Å². The number of hydrogen-bond donors (Lipinski definition) is 2. The maximum Gasteiger partial charge on any atom is 0.319 e. The van der Waals surface area contributed by atoms with Gasteiger partial charge in [0, 0.05) is 7.05 Å². The van der Waals surface area contributed by atoms with Crippen LogP contribution in [0.25, 0.3) is 0 Å². The summed E-state index contributed by atoms with van der Waals surface area (Å²) in [6.07, 6.45) is 0. The first-order chi connectivity index (χ1) is 6.56. The summed E-state index contributed by atoms with van der Waals surface area (Å²) in [7, 11) is 1.36. The number of hydrogen-bond acceptors (Lipinski definition) is 1. The van der Waals surface area contributed by atoms with E-state index in [2.05, 4.69) is 10.6 Å². The Morgan fingerprint density at radius 3 is 2.57 bits per heavy atom. The fourth-order valence-electron chi connectivity index (χ4n) is 0.947. The van der Waals surface area contributed by atoms with Crippen molar-refractivity contribution >= 4 is 11.7 Å². The summed E-state index contributed by atoms with van der Waals surface area (Å²) < 4.78 is 26.3. The first-order valence-corrected chi connectivity index (χ1v) is 3.99. The summed E-state index contributed by atoms with van der Waals surface area (Å²) in [5.74, 6) is -1.55. The van der Waals surface area contributed by atoms with Crippen LogP contribution in [0.5, 0.6) is 0 Å². The Kier molecular flexibility index (Phi) is 3.01. The lowest BCUT2D eigenvalue weighted by Gasteiger charge is -2.08. The molecule has 0 saturated heterocycles. The number of carbonyl (C=O) groups is 1. The molecule has 1 rings (SSSR count). The molecule has 0 aliphatic rings. The first kappa shape index (κ1) is 10.4. The Morgan fingerprint density at radius 1 is 1.36 bits per heavy atom. The van der Waals surface area contributed by atoms with E-state index < -0.39 is 23.4 Å². The quantitative estimate of drug-likeness (QED) is 0.715.